The molecule has 5 aromatic carbocycles. The monoisotopic (exact) mass is 691 g/mol. The van der Waals surface area contributed by atoms with Crippen molar-refractivity contribution < 1.29 is 8.42 Å². The predicted octanol–water partition coefficient (Wildman–Crippen LogP) is 8.48. The third-order valence-electron chi connectivity index (χ3n) is 9.87. The molecule has 0 unspecified atom stereocenters. The van der Waals surface area contributed by atoms with Gasteiger partial charge in [0.1, 0.15) is 0 Å². The van der Waals surface area contributed by atoms with E-state index in [-0.39, 0.29) is 6.98 Å². The maximum Gasteiger partial charge on any atom is 0.409 e. The van der Waals surface area contributed by atoms with Crippen LogP contribution in [0, 0.1) is 13.8 Å². The molecule has 8 heteroatoms. The van der Waals surface area contributed by atoms with Crippen LogP contribution in [0.3, 0.4) is 0 Å². The summed E-state index contributed by atoms with van der Waals surface area (Å²) in [6.45, 7) is 8.09. The summed E-state index contributed by atoms with van der Waals surface area (Å²) in [6.07, 6.45) is 4.37. The lowest BCUT2D eigenvalue weighted by atomic mass is 9.58. The molecule has 46 heavy (non-hydrogen) atoms. The van der Waals surface area contributed by atoms with Gasteiger partial charge in [-0.15, -0.1) is 0 Å². The van der Waals surface area contributed by atoms with E-state index in [1.165, 1.54) is 49.7 Å². The van der Waals surface area contributed by atoms with Crippen molar-refractivity contribution in [3.05, 3.63) is 129 Å². The number of nitrogens with zero attached hydrogens (tertiary/aromatic N) is 2. The number of halogens is 1. The summed E-state index contributed by atoms with van der Waals surface area (Å²) in [7, 11) is -3.66. The van der Waals surface area contributed by atoms with E-state index in [4.69, 9.17) is 0 Å². The molecule has 2 heterocycles. The minimum Gasteiger partial charge on any atom is -0.405 e. The molecule has 0 aliphatic carbocycles. The SMILES string of the molecule is CCCCCc1c(C)c2c(c(C)c1B1Nc3cccc4cccc(c34)N1Cc1ccccc1)CN(S(=O)(=O)c1ccc(Br)cc1)C2. The number of sulfonamides is 1. The van der Waals surface area contributed by atoms with Gasteiger partial charge in [0.2, 0.25) is 10.0 Å². The summed E-state index contributed by atoms with van der Waals surface area (Å²) < 4.78 is 30.3. The van der Waals surface area contributed by atoms with E-state index in [9.17, 15) is 8.42 Å². The van der Waals surface area contributed by atoms with Crippen molar-refractivity contribution in [1.29, 1.82) is 0 Å². The molecule has 0 bridgehead atoms. The van der Waals surface area contributed by atoms with Gasteiger partial charge in [0.15, 0.2) is 0 Å². The van der Waals surface area contributed by atoms with Crippen LogP contribution in [0.25, 0.3) is 10.8 Å². The number of nitrogens with one attached hydrogen (secondary N) is 1. The second-order valence-corrected chi connectivity index (χ2v) is 15.5. The standard InChI is InChI=1S/C38H39BBrN3O2S/c1-4-5-7-16-32-26(2)33-24-42(46(44,45)31-21-19-30(40)20-22-31)25-34(33)27(3)38(32)39-41-35-17-10-14-29-15-11-18-36(37(29)35)43(39)23-28-12-8-6-9-13-28/h6,8-15,17-22,41H,4-5,7,16,23-25H2,1-3H3. The van der Waals surface area contributed by atoms with Crippen LogP contribution < -0.4 is 15.5 Å². The van der Waals surface area contributed by atoms with Gasteiger partial charge in [0.25, 0.3) is 0 Å². The van der Waals surface area contributed by atoms with Crippen molar-refractivity contribution >= 4 is 60.5 Å². The van der Waals surface area contributed by atoms with E-state index in [0.717, 1.165) is 48.0 Å². The maximum absolute atomic E-state index is 13.9. The van der Waals surface area contributed by atoms with Crippen LogP contribution in [0.5, 0.6) is 0 Å². The summed E-state index contributed by atoms with van der Waals surface area (Å²) in [5.41, 5.74) is 11.0. The van der Waals surface area contributed by atoms with E-state index in [1.54, 1.807) is 28.6 Å². The summed E-state index contributed by atoms with van der Waals surface area (Å²) in [4.78, 5) is 2.85. The van der Waals surface area contributed by atoms with Crippen molar-refractivity contribution in [1.82, 2.24) is 4.31 Å². The third-order valence-corrected chi connectivity index (χ3v) is 12.2. The lowest BCUT2D eigenvalue weighted by Crippen LogP contribution is -2.58. The molecule has 5 aromatic rings. The fourth-order valence-corrected chi connectivity index (χ4v) is 9.10. The Balaban J connectivity index is 1.38. The largest absolute Gasteiger partial charge is 0.409 e. The average Bonchev–Trinajstić information content (AvgIpc) is 3.53. The molecule has 1 N–H and O–H groups in total. The third kappa shape index (κ3) is 5.44. The van der Waals surface area contributed by atoms with Crippen molar-refractivity contribution in [3.8, 4) is 0 Å². The Morgan fingerprint density at radius 1 is 0.826 bits per heavy atom. The number of hydrogen-bond donors (Lipinski definition) is 1. The Morgan fingerprint density at radius 3 is 2.24 bits per heavy atom. The lowest BCUT2D eigenvalue weighted by molar-refractivity contribution is 0.431. The summed E-state index contributed by atoms with van der Waals surface area (Å²) in [5.74, 6) is 0. The predicted molar refractivity (Wildman–Crippen MR) is 195 cm³/mol. The molecule has 0 amide bonds. The fourth-order valence-electron chi connectivity index (χ4n) is 7.46. The normalized spacial score (nSPS) is 14.5. The molecule has 7 rings (SSSR count). The zero-order chi connectivity index (χ0) is 32.0. The van der Waals surface area contributed by atoms with Gasteiger partial charge in [-0.25, -0.2) is 8.42 Å². The van der Waals surface area contributed by atoms with Crippen LogP contribution in [0.4, 0.5) is 11.4 Å². The second kappa shape index (κ2) is 12.6. The van der Waals surface area contributed by atoms with E-state index >= 15 is 0 Å². The Labute approximate surface area is 281 Å². The molecule has 5 nitrogen and oxygen atoms in total. The van der Waals surface area contributed by atoms with Gasteiger partial charge in [0.05, 0.1) is 4.90 Å². The minimum atomic E-state index is -3.66. The summed E-state index contributed by atoms with van der Waals surface area (Å²) >= 11 is 3.44. The molecule has 0 spiro atoms. The molecular weight excluding hydrogens is 653 g/mol. The van der Waals surface area contributed by atoms with Crippen LogP contribution >= 0.6 is 15.9 Å². The second-order valence-electron chi connectivity index (χ2n) is 12.6. The topological polar surface area (TPSA) is 52.6 Å². The first-order valence-corrected chi connectivity index (χ1v) is 18.5. The molecule has 234 valence electrons. The Morgan fingerprint density at radius 2 is 1.52 bits per heavy atom. The molecule has 0 aromatic heterocycles. The van der Waals surface area contributed by atoms with E-state index in [2.05, 4.69) is 113 Å². The van der Waals surface area contributed by atoms with E-state index < -0.39 is 10.0 Å². The molecule has 0 fully saturated rings. The first-order valence-electron chi connectivity index (χ1n) is 16.3. The summed E-state index contributed by atoms with van der Waals surface area (Å²) in [5, 5.41) is 6.46. The highest BCUT2D eigenvalue weighted by Gasteiger charge is 2.40. The minimum absolute atomic E-state index is 0.113. The van der Waals surface area contributed by atoms with Crippen LogP contribution in [-0.2, 0) is 36.1 Å². The van der Waals surface area contributed by atoms with Gasteiger partial charge < -0.3 is 10.0 Å². The quantitative estimate of drug-likeness (QED) is 0.124. The van der Waals surface area contributed by atoms with Gasteiger partial charge in [-0.2, -0.15) is 4.31 Å². The van der Waals surface area contributed by atoms with Crippen molar-refractivity contribution in [2.75, 3.05) is 10.0 Å². The van der Waals surface area contributed by atoms with Crippen LogP contribution in [0.15, 0.2) is 100 Å². The number of unbranched alkanes of at least 4 members (excludes halogenated alkanes) is 2. The number of anilines is 2. The van der Waals surface area contributed by atoms with Crippen molar-refractivity contribution in [3.63, 3.8) is 0 Å². The Bertz CT molecular complexity index is 2030. The van der Waals surface area contributed by atoms with Crippen molar-refractivity contribution in [2.45, 2.75) is 71.0 Å². The van der Waals surface area contributed by atoms with Crippen LogP contribution in [0.1, 0.15) is 59.6 Å². The highest BCUT2D eigenvalue weighted by molar-refractivity contribution is 9.10. The van der Waals surface area contributed by atoms with Crippen LogP contribution in [-0.4, -0.2) is 19.7 Å². The highest BCUT2D eigenvalue weighted by Crippen LogP contribution is 2.40. The number of hydrogen-bond acceptors (Lipinski definition) is 4. The molecule has 2 aliphatic rings. The number of rotatable bonds is 9. The zero-order valence-corrected chi connectivity index (χ0v) is 29.1. The Kier molecular flexibility index (Phi) is 8.47. The Hall–Kier alpha value is -3.59. The van der Waals surface area contributed by atoms with Gasteiger partial charge >= 0.3 is 6.98 Å². The molecule has 0 atom stereocenters. The van der Waals surface area contributed by atoms with Crippen molar-refractivity contribution in [2.24, 2.45) is 0 Å². The lowest BCUT2D eigenvalue weighted by Gasteiger charge is -2.39. The van der Waals surface area contributed by atoms with Gasteiger partial charge in [-0.1, -0.05) is 90.3 Å². The number of benzene rings is 5. The first-order chi connectivity index (χ1) is 22.3. The maximum atomic E-state index is 13.9. The highest BCUT2D eigenvalue weighted by atomic mass is 79.9. The first kappa shape index (κ1) is 31.0. The molecular formula is C38H39BBrN3O2S. The van der Waals surface area contributed by atoms with Gasteiger partial charge in [-0.05, 0) is 107 Å². The average molecular weight is 693 g/mol. The van der Waals surface area contributed by atoms with Crippen LogP contribution in [0.2, 0.25) is 0 Å². The number of fused-ring (bicyclic) bond motifs is 1. The fraction of sp³-hybridized carbons (Fsp3) is 0.263. The molecule has 0 radical (unpaired) electrons. The zero-order valence-electron chi connectivity index (χ0n) is 26.7. The molecule has 0 saturated carbocycles. The molecule has 0 saturated heterocycles. The van der Waals surface area contributed by atoms with E-state index in [1.807, 2.05) is 0 Å². The summed E-state index contributed by atoms with van der Waals surface area (Å²) in [6, 6.07) is 30.8. The van der Waals surface area contributed by atoms with Gasteiger partial charge in [0, 0.05) is 40.9 Å². The van der Waals surface area contributed by atoms with Gasteiger partial charge in [-0.3, -0.25) is 0 Å². The molecule has 2 aliphatic heterocycles. The van der Waals surface area contributed by atoms with E-state index in [0.29, 0.717) is 18.0 Å². The smallest absolute Gasteiger partial charge is 0.405 e.